The summed E-state index contributed by atoms with van der Waals surface area (Å²) >= 11 is 0. The molecule has 1 fully saturated rings. The van der Waals surface area contributed by atoms with Crippen LogP contribution in [0.4, 0.5) is 5.69 Å². The van der Waals surface area contributed by atoms with Gasteiger partial charge in [0.05, 0.1) is 12.7 Å². The van der Waals surface area contributed by atoms with Crippen LogP contribution in [0.25, 0.3) is 0 Å². The van der Waals surface area contributed by atoms with Crippen LogP contribution in [-0.4, -0.2) is 63.4 Å². The van der Waals surface area contributed by atoms with E-state index in [9.17, 15) is 4.79 Å². The average Bonchev–Trinajstić information content (AvgIpc) is 2.47. The first-order valence-electron chi connectivity index (χ1n) is 7.59. The molecular formula is C16H25N3O3. The molecule has 22 heavy (non-hydrogen) atoms. The summed E-state index contributed by atoms with van der Waals surface area (Å²) in [6.45, 7) is 4.68. The molecule has 1 amide bonds. The van der Waals surface area contributed by atoms with E-state index in [2.05, 4.69) is 15.5 Å². The van der Waals surface area contributed by atoms with E-state index < -0.39 is 0 Å². The zero-order valence-corrected chi connectivity index (χ0v) is 13.5. The molecule has 1 aliphatic heterocycles. The van der Waals surface area contributed by atoms with E-state index >= 15 is 0 Å². The predicted octanol–water partition coefficient (Wildman–Crippen LogP) is 0.942. The lowest BCUT2D eigenvalue weighted by molar-refractivity contribution is -0.123. The largest absolute Gasteiger partial charge is 0.492 e. The van der Waals surface area contributed by atoms with Crippen molar-refractivity contribution in [2.75, 3.05) is 45.7 Å². The first-order chi connectivity index (χ1) is 10.6. The van der Waals surface area contributed by atoms with Crippen molar-refractivity contribution in [2.45, 2.75) is 19.1 Å². The van der Waals surface area contributed by atoms with Gasteiger partial charge in [-0.25, -0.2) is 0 Å². The van der Waals surface area contributed by atoms with Gasteiger partial charge in [0.25, 0.3) is 0 Å². The van der Waals surface area contributed by atoms with Gasteiger partial charge in [0.1, 0.15) is 18.4 Å². The quantitative estimate of drug-likeness (QED) is 0.819. The standard InChI is InChI=1S/C16H25N3O3/c1-12-15(17-7-9-21-12)16(20)18-13-5-4-6-14(11-13)22-10-8-19(2)3/h4-6,11-12,15,17H,7-10H2,1-3H3,(H,18,20)/t12-,15+/m1/s1. The number of rotatable bonds is 6. The number of benzene rings is 1. The highest BCUT2D eigenvalue weighted by Gasteiger charge is 2.28. The van der Waals surface area contributed by atoms with Gasteiger partial charge in [-0.15, -0.1) is 0 Å². The van der Waals surface area contributed by atoms with Gasteiger partial charge in [-0.2, -0.15) is 0 Å². The Labute approximate surface area is 131 Å². The van der Waals surface area contributed by atoms with Crippen molar-refractivity contribution in [3.63, 3.8) is 0 Å². The van der Waals surface area contributed by atoms with Crippen molar-refractivity contribution in [1.29, 1.82) is 0 Å². The predicted molar refractivity (Wildman–Crippen MR) is 86.3 cm³/mol. The Hall–Kier alpha value is -1.63. The lowest BCUT2D eigenvalue weighted by Gasteiger charge is -2.29. The maximum Gasteiger partial charge on any atom is 0.244 e. The first-order valence-corrected chi connectivity index (χ1v) is 7.59. The third kappa shape index (κ3) is 4.98. The third-order valence-corrected chi connectivity index (χ3v) is 3.51. The van der Waals surface area contributed by atoms with Crippen LogP contribution in [0.2, 0.25) is 0 Å². The molecule has 6 nitrogen and oxygen atoms in total. The SMILES string of the molecule is C[C@H]1OCCN[C@@H]1C(=O)Nc1cccc(OCCN(C)C)c1. The number of carbonyl (C=O) groups excluding carboxylic acids is 1. The fourth-order valence-electron chi connectivity index (χ4n) is 2.26. The number of hydrogen-bond acceptors (Lipinski definition) is 5. The fraction of sp³-hybridized carbons (Fsp3) is 0.562. The van der Waals surface area contributed by atoms with Crippen molar-refractivity contribution in [1.82, 2.24) is 10.2 Å². The molecule has 6 heteroatoms. The van der Waals surface area contributed by atoms with Crippen LogP contribution in [-0.2, 0) is 9.53 Å². The molecule has 0 aliphatic carbocycles. The number of nitrogens with one attached hydrogen (secondary N) is 2. The first kappa shape index (κ1) is 16.7. The Morgan fingerprint density at radius 3 is 3.05 bits per heavy atom. The lowest BCUT2D eigenvalue weighted by atomic mass is 10.1. The summed E-state index contributed by atoms with van der Waals surface area (Å²) in [6, 6.07) is 7.12. The summed E-state index contributed by atoms with van der Waals surface area (Å²) < 4.78 is 11.2. The average molecular weight is 307 g/mol. The van der Waals surface area contributed by atoms with E-state index in [1.807, 2.05) is 45.3 Å². The van der Waals surface area contributed by atoms with E-state index in [0.29, 0.717) is 19.8 Å². The van der Waals surface area contributed by atoms with Crippen molar-refractivity contribution in [3.05, 3.63) is 24.3 Å². The van der Waals surface area contributed by atoms with Gasteiger partial charge < -0.3 is 25.0 Å². The minimum atomic E-state index is -0.327. The zero-order chi connectivity index (χ0) is 15.9. The Morgan fingerprint density at radius 2 is 2.32 bits per heavy atom. The highest BCUT2D eigenvalue weighted by atomic mass is 16.5. The van der Waals surface area contributed by atoms with E-state index in [1.54, 1.807) is 0 Å². The Morgan fingerprint density at radius 1 is 1.50 bits per heavy atom. The van der Waals surface area contributed by atoms with Crippen molar-refractivity contribution < 1.29 is 14.3 Å². The third-order valence-electron chi connectivity index (χ3n) is 3.51. The second-order valence-electron chi connectivity index (χ2n) is 5.68. The topological polar surface area (TPSA) is 62.8 Å². The number of likely N-dealkylation sites (N-methyl/N-ethyl adjacent to an activating group) is 1. The Balaban J connectivity index is 1.90. The molecule has 1 saturated heterocycles. The van der Waals surface area contributed by atoms with Gasteiger partial charge in [-0.1, -0.05) is 6.07 Å². The number of ether oxygens (including phenoxy) is 2. The minimum Gasteiger partial charge on any atom is -0.492 e. The molecule has 1 heterocycles. The molecule has 122 valence electrons. The number of carbonyl (C=O) groups is 1. The normalized spacial score (nSPS) is 21.6. The summed E-state index contributed by atoms with van der Waals surface area (Å²) in [5.41, 5.74) is 0.729. The van der Waals surface area contributed by atoms with E-state index in [0.717, 1.165) is 18.0 Å². The van der Waals surface area contributed by atoms with Crippen molar-refractivity contribution in [2.24, 2.45) is 0 Å². The highest BCUT2D eigenvalue weighted by Crippen LogP contribution is 2.18. The number of hydrogen-bond donors (Lipinski definition) is 2. The molecule has 0 bridgehead atoms. The van der Waals surface area contributed by atoms with E-state index in [-0.39, 0.29) is 18.1 Å². The molecule has 2 rings (SSSR count). The highest BCUT2D eigenvalue weighted by molar-refractivity contribution is 5.95. The molecule has 0 radical (unpaired) electrons. The molecule has 1 aliphatic rings. The molecule has 0 saturated carbocycles. The lowest BCUT2D eigenvalue weighted by Crippen LogP contribution is -2.53. The Kier molecular flexibility index (Phi) is 6.18. The van der Waals surface area contributed by atoms with E-state index in [4.69, 9.17) is 9.47 Å². The summed E-state index contributed by atoms with van der Waals surface area (Å²) in [5.74, 6) is 0.665. The minimum absolute atomic E-state index is 0.0855. The molecule has 1 aromatic rings. The summed E-state index contributed by atoms with van der Waals surface area (Å²) in [4.78, 5) is 14.3. The second kappa shape index (κ2) is 8.12. The molecule has 0 spiro atoms. The number of morpholine rings is 1. The van der Waals surface area contributed by atoms with Crippen LogP contribution >= 0.6 is 0 Å². The van der Waals surface area contributed by atoms with Gasteiger partial charge in [0.15, 0.2) is 0 Å². The molecule has 1 aromatic carbocycles. The summed E-state index contributed by atoms with van der Waals surface area (Å²) in [5, 5.41) is 6.09. The zero-order valence-electron chi connectivity index (χ0n) is 13.5. The van der Waals surface area contributed by atoms with Crippen LogP contribution < -0.4 is 15.4 Å². The van der Waals surface area contributed by atoms with Gasteiger partial charge >= 0.3 is 0 Å². The molecule has 0 unspecified atom stereocenters. The maximum absolute atomic E-state index is 12.3. The van der Waals surface area contributed by atoms with Crippen molar-refractivity contribution in [3.8, 4) is 5.75 Å². The number of anilines is 1. The monoisotopic (exact) mass is 307 g/mol. The number of amides is 1. The van der Waals surface area contributed by atoms with Crippen LogP contribution in [0.3, 0.4) is 0 Å². The Bertz CT molecular complexity index is 493. The van der Waals surface area contributed by atoms with E-state index in [1.165, 1.54) is 0 Å². The molecular weight excluding hydrogens is 282 g/mol. The number of nitrogens with zero attached hydrogens (tertiary/aromatic N) is 1. The molecule has 2 N–H and O–H groups in total. The van der Waals surface area contributed by atoms with Gasteiger partial charge in [0, 0.05) is 24.8 Å². The van der Waals surface area contributed by atoms with Gasteiger partial charge in [0.2, 0.25) is 5.91 Å². The fourth-order valence-corrected chi connectivity index (χ4v) is 2.26. The van der Waals surface area contributed by atoms with Crippen LogP contribution in [0.5, 0.6) is 5.75 Å². The second-order valence-corrected chi connectivity index (χ2v) is 5.68. The summed E-state index contributed by atoms with van der Waals surface area (Å²) in [7, 11) is 4.00. The molecule has 0 aromatic heterocycles. The summed E-state index contributed by atoms with van der Waals surface area (Å²) in [6.07, 6.45) is -0.131. The smallest absolute Gasteiger partial charge is 0.244 e. The van der Waals surface area contributed by atoms with Crippen LogP contribution in [0.1, 0.15) is 6.92 Å². The van der Waals surface area contributed by atoms with Crippen LogP contribution in [0.15, 0.2) is 24.3 Å². The maximum atomic E-state index is 12.3. The van der Waals surface area contributed by atoms with Crippen LogP contribution in [0, 0.1) is 0 Å². The van der Waals surface area contributed by atoms with Gasteiger partial charge in [-0.05, 0) is 33.2 Å². The van der Waals surface area contributed by atoms with Crippen molar-refractivity contribution >= 4 is 11.6 Å². The molecule has 2 atom stereocenters. The van der Waals surface area contributed by atoms with Gasteiger partial charge in [-0.3, -0.25) is 4.79 Å².